The fourth-order valence-electron chi connectivity index (χ4n) is 11.9. The van der Waals surface area contributed by atoms with Gasteiger partial charge >= 0.3 is 5.69 Å². The molecule has 1 amide bonds. The van der Waals surface area contributed by atoms with Gasteiger partial charge in [-0.3, -0.25) is 19.8 Å². The highest BCUT2D eigenvalue weighted by Gasteiger charge is 2.50. The number of aromatic amines is 1. The maximum Gasteiger partial charge on any atom is 0.312 e. The molecule has 3 saturated heterocycles. The number of amides is 1. The first-order chi connectivity index (χ1) is 33.7. The Morgan fingerprint density at radius 2 is 1.73 bits per heavy atom. The second-order valence-electron chi connectivity index (χ2n) is 20.7. The van der Waals surface area contributed by atoms with Crippen molar-refractivity contribution in [1.29, 1.82) is 0 Å². The first-order valence-corrected chi connectivity index (χ1v) is 28.6. The fourth-order valence-corrected chi connectivity index (χ4v) is 15.3. The van der Waals surface area contributed by atoms with Crippen LogP contribution in [0.15, 0.2) is 88.5 Å². The van der Waals surface area contributed by atoms with Gasteiger partial charge in [0.2, 0.25) is 5.82 Å². The Bertz CT molecular complexity index is 2970. The second kappa shape index (κ2) is 19.9. The molecule has 0 unspecified atom stereocenters. The molecule has 1 spiro atoms. The van der Waals surface area contributed by atoms with E-state index in [-0.39, 0.29) is 29.1 Å². The summed E-state index contributed by atoms with van der Waals surface area (Å²) in [5, 5.41) is 16.2. The van der Waals surface area contributed by atoms with E-state index in [1.54, 1.807) is 24.4 Å². The molecule has 16 nitrogen and oxygen atoms in total. The number of fused-ring (bicyclic) bond motifs is 1. The fraction of sp³-hybridized carbons (Fsp3) is 0.519. The third-order valence-electron chi connectivity index (χ3n) is 15.8. The van der Waals surface area contributed by atoms with Crippen molar-refractivity contribution < 1.29 is 27.1 Å². The zero-order valence-electron chi connectivity index (χ0n) is 40.2. The number of aromatic nitrogens is 3. The van der Waals surface area contributed by atoms with E-state index in [2.05, 4.69) is 72.9 Å². The average molecular weight is 992 g/mol. The van der Waals surface area contributed by atoms with E-state index in [0.29, 0.717) is 52.9 Å². The van der Waals surface area contributed by atoms with Gasteiger partial charge in [0, 0.05) is 82.4 Å². The summed E-state index contributed by atoms with van der Waals surface area (Å²) in [6.07, 6.45) is 17.5. The van der Waals surface area contributed by atoms with Crippen molar-refractivity contribution in [2.75, 3.05) is 47.9 Å². The van der Waals surface area contributed by atoms with Crippen molar-refractivity contribution >= 4 is 53.9 Å². The van der Waals surface area contributed by atoms with Gasteiger partial charge in [0.05, 0.1) is 28.9 Å². The molecule has 5 aromatic rings. The molecule has 3 N–H and O–H groups in total. The van der Waals surface area contributed by atoms with E-state index in [9.17, 15) is 27.5 Å². The molecule has 2 saturated carbocycles. The number of pyridine rings is 2. The van der Waals surface area contributed by atoms with E-state index in [0.717, 1.165) is 101 Å². The summed E-state index contributed by atoms with van der Waals surface area (Å²) >= 11 is 0. The molecular formula is C52H65N9O7S2. The quantitative estimate of drug-likeness (QED) is 0.0702. The number of nitro groups is 1. The Morgan fingerprint density at radius 3 is 2.49 bits per heavy atom. The van der Waals surface area contributed by atoms with Crippen molar-refractivity contribution in [3.8, 4) is 11.5 Å². The number of rotatable bonds is 14. The van der Waals surface area contributed by atoms with Gasteiger partial charge in [0.15, 0.2) is 0 Å². The molecule has 3 aromatic heterocycles. The van der Waals surface area contributed by atoms with Crippen LogP contribution in [0.2, 0.25) is 0 Å². The molecule has 70 heavy (non-hydrogen) atoms. The van der Waals surface area contributed by atoms with E-state index in [1.165, 1.54) is 43.0 Å². The van der Waals surface area contributed by atoms with Crippen molar-refractivity contribution in [2.24, 2.45) is 15.7 Å². The molecule has 2 aliphatic carbocycles. The predicted molar refractivity (Wildman–Crippen MR) is 273 cm³/mol. The molecule has 5 aliphatic rings. The second-order valence-corrected chi connectivity index (χ2v) is 25.0. The van der Waals surface area contributed by atoms with Gasteiger partial charge in [0.1, 0.15) is 22.0 Å². The molecule has 6 heterocycles. The van der Waals surface area contributed by atoms with Crippen LogP contribution in [0.4, 0.5) is 17.2 Å². The molecular weight excluding hydrogens is 927 g/mol. The zero-order chi connectivity index (χ0) is 48.6. The minimum atomic E-state index is -4.64. The number of piperidine rings is 1. The third-order valence-corrected chi connectivity index (χ3v) is 19.6. The minimum absolute atomic E-state index is 0.0372. The predicted octanol–water partition coefficient (Wildman–Crippen LogP) is 10.1. The summed E-state index contributed by atoms with van der Waals surface area (Å²) < 4.78 is 54.1. The van der Waals surface area contributed by atoms with Crippen LogP contribution < -0.4 is 19.7 Å². The number of anilines is 2. The Labute approximate surface area is 411 Å². The highest BCUT2D eigenvalue weighted by atomic mass is 32.2. The molecule has 18 heteroatoms. The first kappa shape index (κ1) is 48.1. The lowest BCUT2D eigenvalue weighted by Gasteiger charge is -2.56. The lowest BCUT2D eigenvalue weighted by atomic mass is 9.59. The van der Waals surface area contributed by atoms with Gasteiger partial charge in [-0.2, -0.15) is 0 Å². The molecule has 10 rings (SSSR count). The van der Waals surface area contributed by atoms with Crippen molar-refractivity contribution in [2.45, 2.75) is 126 Å². The van der Waals surface area contributed by atoms with Crippen LogP contribution in [0, 0.1) is 21.4 Å². The van der Waals surface area contributed by atoms with Gasteiger partial charge in [-0.05, 0) is 136 Å². The number of carbonyl (C=O) groups is 1. The highest BCUT2D eigenvalue weighted by Crippen LogP contribution is 2.54. The number of H-pyrrole nitrogens is 1. The van der Waals surface area contributed by atoms with E-state index >= 15 is 0 Å². The maximum atomic E-state index is 14.1. The summed E-state index contributed by atoms with van der Waals surface area (Å²) in [6.45, 7) is 7.79. The molecule has 1 atom stereocenters. The minimum Gasteiger partial charge on any atom is -0.455 e. The molecule has 2 aromatic carbocycles. The smallest absolute Gasteiger partial charge is 0.312 e. The van der Waals surface area contributed by atoms with E-state index in [1.807, 2.05) is 12.1 Å². The van der Waals surface area contributed by atoms with Crippen LogP contribution in [0.25, 0.3) is 11.0 Å². The van der Waals surface area contributed by atoms with Gasteiger partial charge in [-0.1, -0.05) is 44.5 Å². The van der Waals surface area contributed by atoms with Crippen LogP contribution in [-0.4, -0.2) is 93.1 Å². The number of hydrogen-bond acceptors (Lipinski definition) is 13. The van der Waals surface area contributed by atoms with E-state index < -0.39 is 41.2 Å². The van der Waals surface area contributed by atoms with Crippen LogP contribution >= 0.6 is 0 Å². The normalized spacial score (nSPS) is 22.7. The number of ether oxygens (including phenoxy) is 1. The zero-order valence-corrected chi connectivity index (χ0v) is 41.8. The highest BCUT2D eigenvalue weighted by molar-refractivity contribution is 7.93. The Balaban J connectivity index is 0.807. The Hall–Kier alpha value is -5.59. The van der Waals surface area contributed by atoms with Gasteiger partial charge < -0.3 is 19.9 Å². The average Bonchev–Trinajstić information content (AvgIpc) is 4.03. The standard InChI is InChI=1S/C52H65N9O7S2/c1-35(2)43-9-4-5-10-44(43)46-11-8-22-60(46)40-30-52(31-40)19-23-59(24-20-52)39-16-17-45(48(28-39)68-41-27-37-18-21-53-49(37)55-33-41)51(62)58-70(66,67)42-29-47(61(63)64)50(56-34-42)54-32-36-12-14-38(15-13-36)57-69(65)25-6-3-7-26-69/h4-5,9-10,16-18,21,27-29,33-36,38,40,46H,3,6-8,11-15,19-20,22-26,30-32H2,1-2H3,(H,53,55)(H,54,56)(H,58,62)/t36-,38+,46-/m1/s1. The topological polar surface area (TPSA) is 205 Å². The Kier molecular flexibility index (Phi) is 13.7. The summed E-state index contributed by atoms with van der Waals surface area (Å²) in [5.41, 5.74) is 4.20. The number of hydrogen-bond donors (Lipinski definition) is 3. The van der Waals surface area contributed by atoms with Gasteiger partial charge in [-0.25, -0.2) is 31.7 Å². The third kappa shape index (κ3) is 10.3. The lowest BCUT2D eigenvalue weighted by Crippen LogP contribution is -2.54. The molecule has 372 valence electrons. The number of benzene rings is 2. The molecule has 0 radical (unpaired) electrons. The Morgan fingerprint density at radius 1 is 0.957 bits per heavy atom. The number of carbonyl (C=O) groups excluding carboxylic acids is 1. The van der Waals surface area contributed by atoms with Crippen LogP contribution in [0.1, 0.15) is 131 Å². The summed E-state index contributed by atoms with van der Waals surface area (Å²) in [4.78, 5) is 41.9. The molecule has 3 aliphatic heterocycles. The largest absolute Gasteiger partial charge is 0.455 e. The monoisotopic (exact) mass is 991 g/mol. The molecule has 5 fully saturated rings. The maximum absolute atomic E-state index is 14.1. The van der Waals surface area contributed by atoms with Crippen molar-refractivity contribution in [1.82, 2.24) is 24.6 Å². The molecule has 0 bridgehead atoms. The summed E-state index contributed by atoms with van der Waals surface area (Å²) in [7, 11) is -6.76. The van der Waals surface area contributed by atoms with Gasteiger partial charge in [-0.15, -0.1) is 0 Å². The number of sulfonamides is 1. The summed E-state index contributed by atoms with van der Waals surface area (Å²) in [6, 6.07) is 19.8. The van der Waals surface area contributed by atoms with Crippen molar-refractivity contribution in [3.05, 3.63) is 106 Å². The van der Waals surface area contributed by atoms with E-state index in [4.69, 9.17) is 9.10 Å². The number of nitrogens with one attached hydrogen (secondary N) is 3. The number of likely N-dealkylation sites (tertiary alicyclic amines) is 1. The SMILES string of the molecule is CC(C)c1ccccc1[C@H]1CCCN1C1CC2(CCN(c3ccc(C(=O)NS(=O)(=O)c4cnc(NC[C@H]5CC[C@@H](N=S6(=O)CCCCC6)CC5)c([N+](=O)[O-])c4)c(Oc4cnc5[nH]ccc5c4)c3)CC2)C1. The van der Waals surface area contributed by atoms with Crippen LogP contribution in [0.3, 0.4) is 0 Å². The number of nitrogens with zero attached hydrogens (tertiary/aromatic N) is 6. The van der Waals surface area contributed by atoms with Crippen LogP contribution in [0.5, 0.6) is 11.5 Å². The first-order valence-electron chi connectivity index (χ1n) is 25.3. The lowest BCUT2D eigenvalue weighted by molar-refractivity contribution is -0.384. The van der Waals surface area contributed by atoms with Gasteiger partial charge in [0.25, 0.3) is 15.9 Å². The summed E-state index contributed by atoms with van der Waals surface area (Å²) in [5.74, 6) is 1.52. The van der Waals surface area contributed by atoms with Crippen LogP contribution in [-0.2, 0) is 19.8 Å². The van der Waals surface area contributed by atoms with Crippen molar-refractivity contribution in [3.63, 3.8) is 0 Å².